The van der Waals surface area contributed by atoms with Gasteiger partial charge in [0, 0.05) is 12.1 Å². The second-order valence-electron chi connectivity index (χ2n) is 1.73. The monoisotopic (exact) mass is 164 g/mol. The van der Waals surface area contributed by atoms with Crippen molar-refractivity contribution in [3.8, 4) is 5.75 Å². The lowest BCUT2D eigenvalue weighted by Crippen LogP contribution is -1.92. The van der Waals surface area contributed by atoms with Crippen LogP contribution in [0.15, 0.2) is 12.1 Å². The molecular weight excluding hydrogens is 157 g/mol. The van der Waals surface area contributed by atoms with Crippen LogP contribution >= 0.6 is 0 Å². The van der Waals surface area contributed by atoms with Crippen LogP contribution in [0, 0.1) is 17.5 Å². The van der Waals surface area contributed by atoms with E-state index in [1.807, 2.05) is 0 Å². The molecule has 0 atom stereocenters. The molecule has 0 bridgehead atoms. The van der Waals surface area contributed by atoms with Crippen molar-refractivity contribution in [3.05, 3.63) is 29.5 Å². The lowest BCUT2D eigenvalue weighted by molar-refractivity contribution is 0.391. The second kappa shape index (κ2) is 2.82. The van der Waals surface area contributed by atoms with Gasteiger partial charge < -0.3 is 4.74 Å². The predicted octanol–water partition coefficient (Wildman–Crippen LogP) is 2.11. The Morgan fingerprint density at radius 1 is 1.27 bits per heavy atom. The number of methoxy groups -OCH3 is 1. The van der Waals surface area contributed by atoms with Gasteiger partial charge in [0.25, 0.3) is 0 Å². The Morgan fingerprint density at radius 2 is 1.73 bits per heavy atom. The molecular formula is C7H5F3O. The second-order valence-corrected chi connectivity index (χ2v) is 1.73. The Morgan fingerprint density at radius 3 is 2.09 bits per heavy atom. The molecule has 1 aromatic carbocycles. The predicted molar refractivity (Wildman–Crippen MR) is 32.9 cm³/mol. The summed E-state index contributed by atoms with van der Waals surface area (Å²) in [5.41, 5.74) is 0. The zero-order chi connectivity index (χ0) is 10.2. The van der Waals surface area contributed by atoms with E-state index in [9.17, 15) is 13.2 Å². The summed E-state index contributed by atoms with van der Waals surface area (Å²) >= 11 is 0. The van der Waals surface area contributed by atoms with Crippen LogP contribution in [0.1, 0.15) is 2.74 Å². The minimum Gasteiger partial charge on any atom is -0.497 e. The van der Waals surface area contributed by atoms with Crippen molar-refractivity contribution in [2.75, 3.05) is 7.11 Å². The van der Waals surface area contributed by atoms with E-state index in [1.165, 1.54) is 0 Å². The molecule has 0 heterocycles. The molecule has 0 spiro atoms. The molecule has 11 heavy (non-hydrogen) atoms. The molecule has 0 aromatic heterocycles. The normalized spacial score (nSPS) is 12.4. The summed E-state index contributed by atoms with van der Waals surface area (Å²) in [6.07, 6.45) is 0. The van der Waals surface area contributed by atoms with E-state index in [-0.39, 0.29) is 0 Å². The molecule has 60 valence electrons. The van der Waals surface area contributed by atoms with Gasteiger partial charge in [-0.3, -0.25) is 0 Å². The fourth-order valence-electron chi connectivity index (χ4n) is 0.539. The SMILES string of the molecule is [2H]c1c(F)c(F)c(F)c([2H])c1OC. The van der Waals surface area contributed by atoms with Gasteiger partial charge in [0.2, 0.25) is 0 Å². The third-order valence-electron chi connectivity index (χ3n) is 1.04. The average Bonchev–Trinajstić information content (AvgIpc) is 2.13. The first-order valence-electron chi connectivity index (χ1n) is 3.68. The zero-order valence-corrected chi connectivity index (χ0v) is 5.54. The van der Waals surface area contributed by atoms with Crippen molar-refractivity contribution in [3.63, 3.8) is 0 Å². The van der Waals surface area contributed by atoms with Gasteiger partial charge in [0.15, 0.2) is 17.5 Å². The van der Waals surface area contributed by atoms with E-state index >= 15 is 0 Å². The molecule has 0 fully saturated rings. The Hall–Kier alpha value is -1.19. The number of rotatable bonds is 1. The van der Waals surface area contributed by atoms with Gasteiger partial charge in [-0.1, -0.05) is 0 Å². The first kappa shape index (κ1) is 5.46. The Balaban J connectivity index is 3.56. The number of benzene rings is 1. The van der Waals surface area contributed by atoms with Crippen LogP contribution in [0.25, 0.3) is 0 Å². The maximum Gasteiger partial charge on any atom is 0.194 e. The van der Waals surface area contributed by atoms with E-state index < -0.39 is 35.3 Å². The molecule has 0 radical (unpaired) electrons. The van der Waals surface area contributed by atoms with Crippen molar-refractivity contribution < 1.29 is 20.6 Å². The van der Waals surface area contributed by atoms with Gasteiger partial charge in [0.05, 0.1) is 9.85 Å². The number of hydrogen-bond acceptors (Lipinski definition) is 1. The molecule has 0 aliphatic heterocycles. The van der Waals surface area contributed by atoms with Crippen LogP contribution in [0.3, 0.4) is 0 Å². The topological polar surface area (TPSA) is 9.23 Å². The lowest BCUT2D eigenvalue weighted by atomic mass is 10.3. The van der Waals surface area contributed by atoms with Gasteiger partial charge in [-0.2, -0.15) is 0 Å². The fraction of sp³-hybridized carbons (Fsp3) is 0.143. The molecule has 1 nitrogen and oxygen atoms in total. The molecule has 0 saturated heterocycles. The molecule has 0 amide bonds. The van der Waals surface area contributed by atoms with Crippen LogP contribution < -0.4 is 4.74 Å². The van der Waals surface area contributed by atoms with Crippen molar-refractivity contribution in [2.24, 2.45) is 0 Å². The van der Waals surface area contributed by atoms with Gasteiger partial charge in [0.1, 0.15) is 5.75 Å². The largest absolute Gasteiger partial charge is 0.497 e. The molecule has 0 N–H and O–H groups in total. The Bertz CT molecular complexity index is 325. The van der Waals surface area contributed by atoms with Crippen molar-refractivity contribution in [2.45, 2.75) is 0 Å². The molecule has 4 heteroatoms. The molecule has 1 aromatic rings. The average molecular weight is 164 g/mol. The quantitative estimate of drug-likeness (QED) is 0.577. The van der Waals surface area contributed by atoms with Crippen LogP contribution in [0.4, 0.5) is 13.2 Å². The summed E-state index contributed by atoms with van der Waals surface area (Å²) in [6.45, 7) is 0. The highest BCUT2D eigenvalue weighted by Crippen LogP contribution is 2.18. The number of hydrogen-bond donors (Lipinski definition) is 0. The standard InChI is InChI=1S/C7H5F3O/c1-11-4-2-5(8)7(10)6(9)3-4/h2-3H,1H3/i2D,3D. The highest BCUT2D eigenvalue weighted by Gasteiger charge is 2.09. The van der Waals surface area contributed by atoms with Gasteiger partial charge in [-0.15, -0.1) is 0 Å². The van der Waals surface area contributed by atoms with E-state index in [2.05, 4.69) is 4.74 Å². The molecule has 1 rings (SSSR count). The first-order valence-corrected chi connectivity index (χ1v) is 2.68. The molecule has 0 aliphatic rings. The summed E-state index contributed by atoms with van der Waals surface area (Å²) in [5.74, 6) is -5.73. The lowest BCUT2D eigenvalue weighted by Gasteiger charge is -2.00. The first-order chi connectivity index (χ1) is 6.00. The highest BCUT2D eigenvalue weighted by molar-refractivity contribution is 5.24. The molecule has 0 unspecified atom stereocenters. The van der Waals surface area contributed by atoms with E-state index in [0.29, 0.717) is 0 Å². The van der Waals surface area contributed by atoms with Gasteiger partial charge in [-0.25, -0.2) is 13.2 Å². The zero-order valence-electron chi connectivity index (χ0n) is 7.54. The van der Waals surface area contributed by atoms with E-state index in [4.69, 9.17) is 2.74 Å². The van der Waals surface area contributed by atoms with Gasteiger partial charge in [-0.05, 0) is 0 Å². The number of halogens is 3. The van der Waals surface area contributed by atoms with Crippen LogP contribution in [0.2, 0.25) is 0 Å². The Labute approximate surface area is 64.2 Å². The number of ether oxygens (including phenoxy) is 1. The van der Waals surface area contributed by atoms with Crippen molar-refractivity contribution in [1.82, 2.24) is 0 Å². The van der Waals surface area contributed by atoms with Crippen LogP contribution in [-0.2, 0) is 0 Å². The maximum absolute atomic E-state index is 12.7. The van der Waals surface area contributed by atoms with E-state index in [1.54, 1.807) is 0 Å². The Kier molecular flexibility index (Phi) is 1.40. The molecule has 0 saturated carbocycles. The third-order valence-corrected chi connectivity index (χ3v) is 1.04. The summed E-state index contributed by atoms with van der Waals surface area (Å²) in [6, 6.07) is -1.90. The maximum atomic E-state index is 12.7. The van der Waals surface area contributed by atoms with Crippen LogP contribution in [0.5, 0.6) is 5.75 Å². The fourth-order valence-corrected chi connectivity index (χ4v) is 0.539. The summed E-state index contributed by atoms with van der Waals surface area (Å²) in [4.78, 5) is 0. The van der Waals surface area contributed by atoms with Crippen molar-refractivity contribution in [1.29, 1.82) is 0 Å². The third kappa shape index (κ3) is 1.45. The minimum atomic E-state index is -1.82. The molecule has 0 aliphatic carbocycles. The van der Waals surface area contributed by atoms with E-state index in [0.717, 1.165) is 7.11 Å². The summed E-state index contributed by atoms with van der Waals surface area (Å²) in [7, 11) is 1.04. The van der Waals surface area contributed by atoms with Crippen LogP contribution in [-0.4, -0.2) is 7.11 Å². The summed E-state index contributed by atoms with van der Waals surface area (Å²) < 4.78 is 56.1. The summed E-state index contributed by atoms with van der Waals surface area (Å²) in [5, 5.41) is 0. The van der Waals surface area contributed by atoms with Gasteiger partial charge >= 0.3 is 0 Å². The van der Waals surface area contributed by atoms with Crippen molar-refractivity contribution >= 4 is 0 Å². The minimum absolute atomic E-state index is 0.614. The smallest absolute Gasteiger partial charge is 0.194 e. The highest BCUT2D eigenvalue weighted by atomic mass is 19.2.